The van der Waals surface area contributed by atoms with Crippen LogP contribution in [0.25, 0.3) is 0 Å². The van der Waals surface area contributed by atoms with Crippen molar-refractivity contribution in [2.75, 3.05) is 43.9 Å². The van der Waals surface area contributed by atoms with Crippen molar-refractivity contribution < 1.29 is 18.0 Å². The van der Waals surface area contributed by atoms with Crippen LogP contribution in [-0.2, 0) is 26.8 Å². The summed E-state index contributed by atoms with van der Waals surface area (Å²) >= 11 is 0. The summed E-state index contributed by atoms with van der Waals surface area (Å²) in [5.74, 6) is 6.13. The van der Waals surface area contributed by atoms with Crippen molar-refractivity contribution in [2.45, 2.75) is 12.7 Å². The van der Waals surface area contributed by atoms with Gasteiger partial charge in [-0.3, -0.25) is 14.9 Å². The second kappa shape index (κ2) is 10.4. The van der Waals surface area contributed by atoms with Crippen LogP contribution >= 0.6 is 0 Å². The lowest BCUT2D eigenvalue weighted by molar-refractivity contribution is -0.138. The van der Waals surface area contributed by atoms with Gasteiger partial charge in [-0.05, 0) is 36.6 Å². The van der Waals surface area contributed by atoms with E-state index in [0.717, 1.165) is 19.2 Å². The molecule has 190 valence electrons. The number of carbonyl (C=O) groups excluding carboxylic acids is 1. The Kier molecular flexibility index (Phi) is 7.32. The first kappa shape index (κ1) is 25.3. The summed E-state index contributed by atoms with van der Waals surface area (Å²) in [7, 11) is 5.48. The molecule has 2 aromatic heterocycles. The molecule has 1 saturated heterocycles. The molecule has 1 fully saturated rings. The Hall–Kier alpha value is -3.82. The summed E-state index contributed by atoms with van der Waals surface area (Å²) in [4.78, 5) is 20.6. The predicted octanol–water partition coefficient (Wildman–Crippen LogP) is 2.96. The number of imidazole rings is 1. The number of nitrogens with zero attached hydrogens (tertiary/aromatic N) is 6. The maximum atomic E-state index is 13.8. The van der Waals surface area contributed by atoms with Gasteiger partial charge >= 0.3 is 12.2 Å². The van der Waals surface area contributed by atoms with E-state index in [9.17, 15) is 18.0 Å². The van der Waals surface area contributed by atoms with Gasteiger partial charge in [-0.15, -0.1) is 0 Å². The van der Waals surface area contributed by atoms with Gasteiger partial charge < -0.3 is 14.8 Å². The Morgan fingerprint density at radius 1 is 1.03 bits per heavy atom. The third kappa shape index (κ3) is 6.24. The molecule has 3 heterocycles. The summed E-state index contributed by atoms with van der Waals surface area (Å²) in [6, 6.07) is 4.73. The normalized spacial score (nSPS) is 14.8. The van der Waals surface area contributed by atoms with E-state index in [-0.39, 0.29) is 23.6 Å². The van der Waals surface area contributed by atoms with Gasteiger partial charge in [0.25, 0.3) is 0 Å². The standard InChI is InChI=1S/C24H27F3N8O/c1-32-8-10-35(11-9-32)15-17-4-5-18(12-21(17)24(25,26)27)29-23(36)30-22-13-19(34(3)31-22)6-7-20-14-28-16-33(20)2/h4-5,12-14,16H,8-11,15H2,1-3H3,(H2,29,30,31,36). The number of aryl methyl sites for hydroxylation is 2. The van der Waals surface area contributed by atoms with E-state index in [1.165, 1.54) is 16.8 Å². The number of urea groups is 1. The van der Waals surface area contributed by atoms with E-state index in [1.807, 2.05) is 19.0 Å². The molecule has 1 aromatic carbocycles. The van der Waals surface area contributed by atoms with Gasteiger partial charge in [0, 0.05) is 58.6 Å². The predicted molar refractivity (Wildman–Crippen MR) is 129 cm³/mol. The fourth-order valence-electron chi connectivity index (χ4n) is 3.83. The molecular weight excluding hydrogens is 473 g/mol. The lowest BCUT2D eigenvalue weighted by Gasteiger charge is -2.33. The van der Waals surface area contributed by atoms with Crippen molar-refractivity contribution >= 4 is 17.5 Å². The number of carbonyl (C=O) groups is 1. The highest BCUT2D eigenvalue weighted by Gasteiger charge is 2.34. The maximum Gasteiger partial charge on any atom is 0.416 e. The second-order valence-electron chi connectivity index (χ2n) is 8.71. The van der Waals surface area contributed by atoms with Crippen LogP contribution in [0.1, 0.15) is 22.5 Å². The fraction of sp³-hybridized carbons (Fsp3) is 0.375. The van der Waals surface area contributed by atoms with E-state index in [0.29, 0.717) is 24.5 Å². The van der Waals surface area contributed by atoms with Gasteiger partial charge in [0.1, 0.15) is 11.4 Å². The quantitative estimate of drug-likeness (QED) is 0.539. The lowest BCUT2D eigenvalue weighted by atomic mass is 10.0. The number of hydrogen-bond donors (Lipinski definition) is 2. The van der Waals surface area contributed by atoms with Gasteiger partial charge in [-0.2, -0.15) is 18.3 Å². The Bertz CT molecular complexity index is 1290. The molecule has 0 bridgehead atoms. The molecular formula is C24H27F3N8O. The minimum atomic E-state index is -4.54. The second-order valence-corrected chi connectivity index (χ2v) is 8.71. The van der Waals surface area contributed by atoms with Crippen LogP contribution in [0.2, 0.25) is 0 Å². The largest absolute Gasteiger partial charge is 0.416 e. The van der Waals surface area contributed by atoms with Crippen molar-refractivity contribution in [3.05, 3.63) is 59.3 Å². The van der Waals surface area contributed by atoms with Crippen molar-refractivity contribution in [3.63, 3.8) is 0 Å². The Morgan fingerprint density at radius 2 is 1.75 bits per heavy atom. The Morgan fingerprint density at radius 3 is 2.42 bits per heavy atom. The molecule has 0 saturated carbocycles. The van der Waals surface area contributed by atoms with Gasteiger partial charge in [-0.25, -0.2) is 9.78 Å². The van der Waals surface area contributed by atoms with Crippen LogP contribution in [0.3, 0.4) is 0 Å². The number of nitrogens with one attached hydrogen (secondary N) is 2. The molecule has 1 aliphatic rings. The number of amides is 2. The molecule has 0 radical (unpaired) electrons. The molecule has 1 aliphatic heterocycles. The van der Waals surface area contributed by atoms with E-state index >= 15 is 0 Å². The highest BCUT2D eigenvalue weighted by Crippen LogP contribution is 2.34. The fourth-order valence-corrected chi connectivity index (χ4v) is 3.83. The smallest absolute Gasteiger partial charge is 0.327 e. The van der Waals surface area contributed by atoms with E-state index < -0.39 is 17.8 Å². The van der Waals surface area contributed by atoms with Gasteiger partial charge in [0.15, 0.2) is 5.82 Å². The summed E-state index contributed by atoms with van der Waals surface area (Å²) in [6.07, 6.45) is -1.28. The average Bonchev–Trinajstić information content (AvgIpc) is 3.38. The van der Waals surface area contributed by atoms with E-state index in [4.69, 9.17) is 0 Å². The van der Waals surface area contributed by atoms with E-state index in [2.05, 4.69) is 37.5 Å². The molecule has 3 aromatic rings. The van der Waals surface area contributed by atoms with Crippen LogP contribution in [0.5, 0.6) is 0 Å². The molecule has 0 aliphatic carbocycles. The minimum absolute atomic E-state index is 0.0362. The first-order chi connectivity index (χ1) is 17.1. The molecule has 2 amide bonds. The number of likely N-dealkylation sites (N-methyl/N-ethyl adjacent to an activating group) is 1. The van der Waals surface area contributed by atoms with E-state index in [1.54, 1.807) is 30.2 Å². The summed E-state index contributed by atoms with van der Waals surface area (Å²) in [6.45, 7) is 3.23. The molecule has 4 rings (SSSR count). The number of hydrogen-bond acceptors (Lipinski definition) is 5. The number of benzene rings is 1. The molecule has 2 N–H and O–H groups in total. The Balaban J connectivity index is 1.43. The van der Waals surface area contributed by atoms with Crippen molar-refractivity contribution in [3.8, 4) is 11.8 Å². The Labute approximate surface area is 206 Å². The number of halogens is 3. The van der Waals surface area contributed by atoms with Crippen LogP contribution in [0, 0.1) is 11.8 Å². The van der Waals surface area contributed by atoms with Gasteiger partial charge in [-0.1, -0.05) is 6.07 Å². The topological polar surface area (TPSA) is 83.3 Å². The zero-order valence-corrected chi connectivity index (χ0v) is 20.2. The molecule has 0 spiro atoms. The number of alkyl halides is 3. The highest BCUT2D eigenvalue weighted by molar-refractivity contribution is 5.99. The van der Waals surface area contributed by atoms with Crippen molar-refractivity contribution in [1.82, 2.24) is 29.1 Å². The minimum Gasteiger partial charge on any atom is -0.327 e. The average molecular weight is 501 g/mol. The van der Waals surface area contributed by atoms with Crippen molar-refractivity contribution in [1.29, 1.82) is 0 Å². The first-order valence-corrected chi connectivity index (χ1v) is 11.3. The third-order valence-corrected chi connectivity index (χ3v) is 5.92. The summed E-state index contributed by atoms with van der Waals surface area (Å²) in [5.41, 5.74) is 0.706. The first-order valence-electron chi connectivity index (χ1n) is 11.3. The lowest BCUT2D eigenvalue weighted by Crippen LogP contribution is -2.44. The zero-order valence-electron chi connectivity index (χ0n) is 20.2. The third-order valence-electron chi connectivity index (χ3n) is 5.92. The monoisotopic (exact) mass is 500 g/mol. The van der Waals surface area contributed by atoms with Crippen LogP contribution in [0.15, 0.2) is 36.8 Å². The maximum absolute atomic E-state index is 13.8. The summed E-state index contributed by atoms with van der Waals surface area (Å²) in [5, 5.41) is 9.19. The molecule has 12 heteroatoms. The van der Waals surface area contributed by atoms with Crippen LogP contribution < -0.4 is 10.6 Å². The van der Waals surface area contributed by atoms with Crippen molar-refractivity contribution in [2.24, 2.45) is 14.1 Å². The number of aromatic nitrogens is 4. The van der Waals surface area contributed by atoms with Gasteiger partial charge in [0.2, 0.25) is 0 Å². The van der Waals surface area contributed by atoms with Gasteiger partial charge in [0.05, 0.1) is 18.1 Å². The zero-order chi connectivity index (χ0) is 25.9. The molecule has 0 unspecified atom stereocenters. The molecule has 36 heavy (non-hydrogen) atoms. The number of anilines is 2. The number of piperazine rings is 1. The highest BCUT2D eigenvalue weighted by atomic mass is 19.4. The molecule has 0 atom stereocenters. The summed E-state index contributed by atoms with van der Waals surface area (Å²) < 4.78 is 44.6. The van der Waals surface area contributed by atoms with Crippen LogP contribution in [0.4, 0.5) is 29.5 Å². The SMILES string of the molecule is CN1CCN(Cc2ccc(NC(=O)Nc3cc(C#Cc4cncn4C)n(C)n3)cc2C(F)(F)F)CC1. The number of rotatable bonds is 4. The van der Waals surface area contributed by atoms with Crippen LogP contribution in [-0.4, -0.2) is 68.4 Å². The molecule has 9 nitrogen and oxygen atoms in total.